The third kappa shape index (κ3) is 6.36. The fraction of sp³-hybridized carbons (Fsp3) is 1.00. The second kappa shape index (κ2) is 7.82. The van der Waals surface area contributed by atoms with Gasteiger partial charge in [-0.05, 0) is 0 Å². The van der Waals surface area contributed by atoms with Crippen LogP contribution in [-0.2, 0) is 16.5 Å². The average molecular weight is 378 g/mol. The van der Waals surface area contributed by atoms with Crippen LogP contribution in [0.1, 0.15) is 25.7 Å². The van der Waals surface area contributed by atoms with Crippen LogP contribution in [0.25, 0.3) is 11.5 Å². The van der Waals surface area contributed by atoms with Gasteiger partial charge in [0.15, 0.2) is 0 Å². The SMILES string of the molecule is [Cl][Pt][Cl].[NH-]C1CCCC[C@H]1[NH-]. The smallest absolute Gasteiger partial charge is 0.0548 e. The summed E-state index contributed by atoms with van der Waals surface area (Å²) < 4.78 is 0. The maximum Gasteiger partial charge on any atom is -0.0548 e. The first kappa shape index (κ1) is 12.2. The molecule has 0 radical (unpaired) electrons. The molecule has 0 bridgehead atoms. The van der Waals surface area contributed by atoms with E-state index in [2.05, 4.69) is 0 Å². The molecule has 1 rings (SSSR count). The van der Waals surface area contributed by atoms with Crippen molar-refractivity contribution in [3.8, 4) is 0 Å². The molecule has 5 heteroatoms. The van der Waals surface area contributed by atoms with E-state index in [9.17, 15) is 0 Å². The zero-order valence-corrected chi connectivity index (χ0v) is 9.84. The summed E-state index contributed by atoms with van der Waals surface area (Å²) in [4.78, 5) is 0. The normalized spacial score (nSPS) is 30.9. The van der Waals surface area contributed by atoms with E-state index in [1.807, 2.05) is 0 Å². The molecule has 1 unspecified atom stereocenters. The largest absolute Gasteiger partial charge is 0.676 e. The summed E-state index contributed by atoms with van der Waals surface area (Å²) in [5.74, 6) is 0. The molecule has 0 aromatic carbocycles. The van der Waals surface area contributed by atoms with E-state index in [0.717, 1.165) is 12.8 Å². The number of hydrogen-bond acceptors (Lipinski definition) is 0. The maximum absolute atomic E-state index is 7.29. The molecule has 1 aliphatic rings. The van der Waals surface area contributed by atoms with Gasteiger partial charge >= 0.3 is 35.3 Å². The Morgan fingerprint density at radius 2 is 1.27 bits per heavy atom. The summed E-state index contributed by atoms with van der Waals surface area (Å²) >= 11 is -0.472. The molecule has 2 N–H and O–H groups in total. The van der Waals surface area contributed by atoms with Crippen LogP contribution in [0.15, 0.2) is 0 Å². The molecule has 0 aromatic heterocycles. The molecule has 0 spiro atoms. The molecule has 0 aliphatic heterocycles. The van der Waals surface area contributed by atoms with Crippen molar-refractivity contribution in [2.24, 2.45) is 0 Å². The van der Waals surface area contributed by atoms with Crippen molar-refractivity contribution in [1.29, 1.82) is 0 Å². The van der Waals surface area contributed by atoms with Crippen LogP contribution >= 0.6 is 18.8 Å². The first-order valence-corrected chi connectivity index (χ1v) is 9.10. The van der Waals surface area contributed by atoms with Gasteiger partial charge in [0.05, 0.1) is 0 Å². The number of nitrogens with one attached hydrogen (secondary N) is 2. The molecule has 2 nitrogen and oxygen atoms in total. The molecular weight excluding hydrogens is 366 g/mol. The van der Waals surface area contributed by atoms with Crippen molar-refractivity contribution < 1.29 is 16.5 Å². The van der Waals surface area contributed by atoms with E-state index in [0.29, 0.717) is 0 Å². The Hall–Kier alpha value is 1.19. The minimum atomic E-state index is -0.472. The molecule has 0 aromatic rings. The van der Waals surface area contributed by atoms with Gasteiger partial charge in [-0.2, -0.15) is 12.1 Å². The molecular formula is C6H12Cl2N2Pt-2. The van der Waals surface area contributed by atoms with Crippen molar-refractivity contribution in [1.82, 2.24) is 0 Å². The van der Waals surface area contributed by atoms with Crippen molar-refractivity contribution in [2.75, 3.05) is 0 Å². The summed E-state index contributed by atoms with van der Waals surface area (Å²) in [5.41, 5.74) is 14.6. The zero-order chi connectivity index (χ0) is 8.69. The van der Waals surface area contributed by atoms with Crippen LogP contribution < -0.4 is 0 Å². The Balaban J connectivity index is 0.000000292. The fourth-order valence-corrected chi connectivity index (χ4v) is 1.13. The predicted octanol–water partition coefficient (Wildman–Crippen LogP) is 3.78. The zero-order valence-electron chi connectivity index (χ0n) is 6.06. The van der Waals surface area contributed by atoms with Crippen molar-refractivity contribution in [3.05, 3.63) is 11.5 Å². The molecule has 0 amide bonds. The van der Waals surface area contributed by atoms with Crippen LogP contribution in [0, 0.1) is 0 Å². The van der Waals surface area contributed by atoms with Gasteiger partial charge in [-0.25, -0.2) is 0 Å². The third-order valence-electron chi connectivity index (χ3n) is 1.77. The predicted molar refractivity (Wildman–Crippen MR) is 46.4 cm³/mol. The molecule has 0 saturated heterocycles. The standard InChI is InChI=1S/C6H12N2.2ClH.Pt/c7-5-3-1-2-4-6(5)8;;;/h5-8H,1-4H2;2*1H;/q-2;;;+2/p-2/t5-,6?;;;/m1.../s1. The van der Waals surface area contributed by atoms with Crippen LogP contribution in [-0.4, -0.2) is 12.1 Å². The van der Waals surface area contributed by atoms with E-state index < -0.39 is 16.5 Å². The summed E-state index contributed by atoms with van der Waals surface area (Å²) in [6, 6.07) is -0.160. The summed E-state index contributed by atoms with van der Waals surface area (Å²) in [7, 11) is 9.75. The third-order valence-corrected chi connectivity index (χ3v) is 1.77. The van der Waals surface area contributed by atoms with Gasteiger partial charge < -0.3 is 11.5 Å². The minimum Gasteiger partial charge on any atom is -0.676 e. The first-order chi connectivity index (χ1) is 5.22. The topological polar surface area (TPSA) is 47.6 Å². The Labute approximate surface area is 84.4 Å². The van der Waals surface area contributed by atoms with E-state index >= 15 is 0 Å². The Bertz CT molecular complexity index is 84.7. The number of hydrogen-bond donors (Lipinski definition) is 0. The number of halogens is 2. The van der Waals surface area contributed by atoms with E-state index in [-0.39, 0.29) is 12.1 Å². The maximum atomic E-state index is 7.29. The Kier molecular flexibility index (Phi) is 8.66. The molecule has 1 aliphatic carbocycles. The van der Waals surface area contributed by atoms with E-state index in [1.165, 1.54) is 12.8 Å². The van der Waals surface area contributed by atoms with Crippen LogP contribution in [0.2, 0.25) is 0 Å². The van der Waals surface area contributed by atoms with E-state index in [1.54, 1.807) is 0 Å². The molecule has 1 fully saturated rings. The van der Waals surface area contributed by atoms with Crippen LogP contribution in [0.3, 0.4) is 0 Å². The summed E-state index contributed by atoms with van der Waals surface area (Å²) in [6.45, 7) is 0. The monoisotopic (exact) mass is 377 g/mol. The summed E-state index contributed by atoms with van der Waals surface area (Å²) in [5, 5.41) is 0. The fourth-order valence-electron chi connectivity index (χ4n) is 1.13. The Morgan fingerprint density at radius 3 is 1.45 bits per heavy atom. The number of rotatable bonds is 0. The molecule has 11 heavy (non-hydrogen) atoms. The molecule has 72 valence electrons. The van der Waals surface area contributed by atoms with Crippen LogP contribution in [0.5, 0.6) is 0 Å². The van der Waals surface area contributed by atoms with Gasteiger partial charge in [0.2, 0.25) is 0 Å². The van der Waals surface area contributed by atoms with Gasteiger partial charge in [-0.3, -0.25) is 0 Å². The first-order valence-electron chi connectivity index (χ1n) is 3.47. The Morgan fingerprint density at radius 1 is 1.00 bits per heavy atom. The molecule has 1 saturated carbocycles. The average Bonchev–Trinajstić information content (AvgIpc) is 1.97. The molecule has 2 atom stereocenters. The van der Waals surface area contributed by atoms with Gasteiger partial charge in [-0.1, -0.05) is 25.7 Å². The van der Waals surface area contributed by atoms with Gasteiger partial charge in [-0.15, -0.1) is 0 Å². The van der Waals surface area contributed by atoms with Crippen molar-refractivity contribution >= 4 is 18.8 Å². The molecule has 0 heterocycles. The van der Waals surface area contributed by atoms with Crippen molar-refractivity contribution in [2.45, 2.75) is 37.8 Å². The summed E-state index contributed by atoms with van der Waals surface area (Å²) in [6.07, 6.45) is 4.25. The second-order valence-corrected chi connectivity index (χ2v) is 5.83. The second-order valence-electron chi connectivity index (χ2n) is 2.54. The van der Waals surface area contributed by atoms with Gasteiger partial charge in [0, 0.05) is 0 Å². The van der Waals surface area contributed by atoms with Gasteiger partial charge in [0.1, 0.15) is 0 Å². The van der Waals surface area contributed by atoms with E-state index in [4.69, 9.17) is 30.3 Å². The minimum absolute atomic E-state index is 0.0799. The van der Waals surface area contributed by atoms with Crippen molar-refractivity contribution in [3.63, 3.8) is 0 Å². The van der Waals surface area contributed by atoms with Gasteiger partial charge in [0.25, 0.3) is 0 Å². The quantitative estimate of drug-likeness (QED) is 0.616. The van der Waals surface area contributed by atoms with Crippen LogP contribution in [0.4, 0.5) is 0 Å².